The summed E-state index contributed by atoms with van der Waals surface area (Å²) in [6.07, 6.45) is 0. The second kappa shape index (κ2) is 7.94. The number of rotatable bonds is 4. The summed E-state index contributed by atoms with van der Waals surface area (Å²) < 4.78 is 12.1. The van der Waals surface area contributed by atoms with E-state index in [-0.39, 0.29) is 17.8 Å². The summed E-state index contributed by atoms with van der Waals surface area (Å²) in [5.41, 5.74) is 3.86. The van der Waals surface area contributed by atoms with Crippen LogP contribution in [0.2, 0.25) is 10.0 Å². The first-order chi connectivity index (χ1) is 13.9. The lowest BCUT2D eigenvalue weighted by atomic mass is 10.1. The van der Waals surface area contributed by atoms with Crippen LogP contribution in [-0.4, -0.2) is 0 Å². The minimum atomic E-state index is -0.259. The molecule has 29 heavy (non-hydrogen) atoms. The van der Waals surface area contributed by atoms with E-state index in [0.717, 1.165) is 16.7 Å². The van der Waals surface area contributed by atoms with Crippen LogP contribution in [-0.2, 0) is 6.61 Å². The van der Waals surface area contributed by atoms with Gasteiger partial charge in [0.2, 0.25) is 11.2 Å². The summed E-state index contributed by atoms with van der Waals surface area (Å²) in [5.74, 6) is 0.522. The Morgan fingerprint density at radius 1 is 0.931 bits per heavy atom. The number of benzene rings is 3. The zero-order chi connectivity index (χ0) is 20.5. The van der Waals surface area contributed by atoms with Gasteiger partial charge in [-0.25, -0.2) is 0 Å². The van der Waals surface area contributed by atoms with Gasteiger partial charge in [-0.15, -0.1) is 0 Å². The van der Waals surface area contributed by atoms with Crippen molar-refractivity contribution in [2.45, 2.75) is 20.5 Å². The largest absolute Gasteiger partial charge is 0.481 e. The first kappa shape index (κ1) is 19.6. The van der Waals surface area contributed by atoms with E-state index in [9.17, 15) is 4.79 Å². The lowest BCUT2D eigenvalue weighted by Gasteiger charge is -2.13. The van der Waals surface area contributed by atoms with Crippen LogP contribution in [0.5, 0.6) is 5.75 Å². The van der Waals surface area contributed by atoms with Gasteiger partial charge in [-0.2, -0.15) is 0 Å². The second-order valence-corrected chi connectivity index (χ2v) is 7.81. The van der Waals surface area contributed by atoms with Gasteiger partial charge in [0.05, 0.1) is 5.39 Å². The van der Waals surface area contributed by atoms with E-state index in [4.69, 9.17) is 32.4 Å². The summed E-state index contributed by atoms with van der Waals surface area (Å²) >= 11 is 12.3. The lowest BCUT2D eigenvalue weighted by Crippen LogP contribution is -2.10. The molecule has 1 aromatic heterocycles. The van der Waals surface area contributed by atoms with E-state index >= 15 is 0 Å². The highest BCUT2D eigenvalue weighted by Crippen LogP contribution is 2.33. The van der Waals surface area contributed by atoms with Crippen molar-refractivity contribution in [3.05, 3.63) is 97.6 Å². The highest BCUT2D eigenvalue weighted by molar-refractivity contribution is 6.32. The van der Waals surface area contributed by atoms with Crippen molar-refractivity contribution in [3.63, 3.8) is 0 Å². The molecule has 4 aromatic rings. The van der Waals surface area contributed by atoms with Crippen molar-refractivity contribution < 1.29 is 9.15 Å². The molecule has 0 aliphatic rings. The van der Waals surface area contributed by atoms with Crippen LogP contribution in [0.15, 0.2) is 69.9 Å². The number of halogens is 2. The van der Waals surface area contributed by atoms with Crippen molar-refractivity contribution >= 4 is 34.2 Å². The first-order valence-corrected chi connectivity index (χ1v) is 9.89. The van der Waals surface area contributed by atoms with E-state index in [1.807, 2.05) is 38.1 Å². The highest BCUT2D eigenvalue weighted by Gasteiger charge is 2.19. The molecule has 5 heteroatoms. The average Bonchev–Trinajstić information content (AvgIpc) is 2.71. The maximum Gasteiger partial charge on any atom is 0.235 e. The molecule has 0 aliphatic carbocycles. The fourth-order valence-corrected chi connectivity index (χ4v) is 3.35. The van der Waals surface area contributed by atoms with Gasteiger partial charge in [0, 0.05) is 15.6 Å². The molecule has 146 valence electrons. The lowest BCUT2D eigenvalue weighted by molar-refractivity contribution is 0.298. The van der Waals surface area contributed by atoms with Crippen molar-refractivity contribution in [3.8, 4) is 17.1 Å². The maximum absolute atomic E-state index is 13.3. The fraction of sp³-hybridized carbons (Fsp3) is 0.125. The predicted octanol–water partition coefficient (Wildman–Crippen LogP) is 6.96. The maximum atomic E-state index is 13.3. The molecule has 3 nitrogen and oxygen atoms in total. The molecule has 0 spiro atoms. The van der Waals surface area contributed by atoms with Gasteiger partial charge in [0.25, 0.3) is 0 Å². The third kappa shape index (κ3) is 4.02. The topological polar surface area (TPSA) is 39.4 Å². The molecule has 4 rings (SSSR count). The molecule has 0 unspecified atom stereocenters. The van der Waals surface area contributed by atoms with E-state index in [1.54, 1.807) is 36.4 Å². The Hall–Kier alpha value is -2.75. The number of ether oxygens (including phenoxy) is 1. The molecule has 0 amide bonds. The molecule has 0 radical (unpaired) electrons. The van der Waals surface area contributed by atoms with E-state index in [0.29, 0.717) is 32.3 Å². The van der Waals surface area contributed by atoms with Gasteiger partial charge in [0.15, 0.2) is 5.76 Å². The number of hydrogen-bond acceptors (Lipinski definition) is 3. The summed E-state index contributed by atoms with van der Waals surface area (Å²) in [6, 6.07) is 18.4. The fourth-order valence-electron chi connectivity index (χ4n) is 3.06. The normalized spacial score (nSPS) is 11.0. The van der Waals surface area contributed by atoms with Gasteiger partial charge in [-0.3, -0.25) is 4.79 Å². The van der Waals surface area contributed by atoms with E-state index in [2.05, 4.69) is 0 Å². The van der Waals surface area contributed by atoms with Gasteiger partial charge < -0.3 is 9.15 Å². The molecule has 0 saturated heterocycles. The zero-order valence-corrected chi connectivity index (χ0v) is 17.5. The Balaban J connectivity index is 1.86. The minimum Gasteiger partial charge on any atom is -0.481 e. The molecule has 0 fully saturated rings. The Labute approximate surface area is 178 Å². The van der Waals surface area contributed by atoms with Crippen molar-refractivity contribution in [1.82, 2.24) is 0 Å². The van der Waals surface area contributed by atoms with E-state index < -0.39 is 0 Å². The number of aryl methyl sites for hydroxylation is 2. The first-order valence-electron chi connectivity index (χ1n) is 9.13. The van der Waals surface area contributed by atoms with Gasteiger partial charge in [-0.1, -0.05) is 53.0 Å². The quantitative estimate of drug-likeness (QED) is 0.355. The Morgan fingerprint density at radius 3 is 2.31 bits per heavy atom. The number of fused-ring (bicyclic) bond motifs is 1. The molecular formula is C24H18Cl2O3. The van der Waals surface area contributed by atoms with E-state index in [1.165, 1.54) is 0 Å². The zero-order valence-electron chi connectivity index (χ0n) is 16.0. The van der Waals surface area contributed by atoms with Crippen LogP contribution >= 0.6 is 23.2 Å². The molecule has 3 aromatic carbocycles. The van der Waals surface area contributed by atoms with Crippen molar-refractivity contribution in [1.29, 1.82) is 0 Å². The highest BCUT2D eigenvalue weighted by atomic mass is 35.5. The molecule has 0 aliphatic heterocycles. The third-order valence-electron chi connectivity index (χ3n) is 4.74. The Kier molecular flexibility index (Phi) is 5.35. The van der Waals surface area contributed by atoms with Crippen LogP contribution < -0.4 is 10.2 Å². The van der Waals surface area contributed by atoms with Crippen LogP contribution in [0.25, 0.3) is 22.3 Å². The van der Waals surface area contributed by atoms with Gasteiger partial charge in [0.1, 0.15) is 12.2 Å². The SMILES string of the molecule is Cc1ccc(COc2c(-c3ccc(Cl)cc3)oc3cc(C)c(Cl)cc3c2=O)cc1. The molecule has 0 N–H and O–H groups in total. The summed E-state index contributed by atoms with van der Waals surface area (Å²) in [5, 5.41) is 1.49. The molecule has 1 heterocycles. The Bertz CT molecular complexity index is 1240. The molecule has 0 saturated carbocycles. The molecular weight excluding hydrogens is 407 g/mol. The summed E-state index contributed by atoms with van der Waals surface area (Å²) in [4.78, 5) is 13.3. The van der Waals surface area contributed by atoms with Crippen molar-refractivity contribution in [2.24, 2.45) is 0 Å². The third-order valence-corrected chi connectivity index (χ3v) is 5.40. The predicted molar refractivity (Wildman–Crippen MR) is 118 cm³/mol. The average molecular weight is 425 g/mol. The Morgan fingerprint density at radius 2 is 1.62 bits per heavy atom. The summed E-state index contributed by atoms with van der Waals surface area (Å²) in [7, 11) is 0. The van der Waals surface area contributed by atoms with Crippen LogP contribution in [0.3, 0.4) is 0 Å². The summed E-state index contributed by atoms with van der Waals surface area (Å²) in [6.45, 7) is 4.13. The molecule has 0 atom stereocenters. The van der Waals surface area contributed by atoms with Crippen LogP contribution in [0.1, 0.15) is 16.7 Å². The van der Waals surface area contributed by atoms with Gasteiger partial charge >= 0.3 is 0 Å². The number of hydrogen-bond donors (Lipinski definition) is 0. The molecule has 0 bridgehead atoms. The van der Waals surface area contributed by atoms with Crippen LogP contribution in [0.4, 0.5) is 0 Å². The van der Waals surface area contributed by atoms with Gasteiger partial charge in [-0.05, 0) is 61.4 Å². The standard InChI is InChI=1S/C24H18Cl2O3/c1-14-3-5-16(6-4-14)13-28-24-22(27)19-12-20(26)15(2)11-21(19)29-23(24)17-7-9-18(25)10-8-17/h3-12H,13H2,1-2H3. The monoisotopic (exact) mass is 424 g/mol. The van der Waals surface area contributed by atoms with Crippen molar-refractivity contribution in [2.75, 3.05) is 0 Å². The minimum absolute atomic E-state index is 0.153. The van der Waals surface area contributed by atoms with Crippen LogP contribution in [0, 0.1) is 13.8 Å². The smallest absolute Gasteiger partial charge is 0.235 e. The second-order valence-electron chi connectivity index (χ2n) is 6.97.